The SMILES string of the molecule is Cc1c(-c2ccn3ncc(C(=O)Nc4cc(-c5nnn(C6CC6)n5)c(F)cc4Cl)c3c2)cnn1C[C@H](C)O. The van der Waals surface area contributed by atoms with Crippen LogP contribution in [0.1, 0.15) is 41.9 Å². The van der Waals surface area contributed by atoms with Gasteiger partial charge in [0.15, 0.2) is 0 Å². The molecule has 1 fully saturated rings. The number of tetrazole rings is 1. The van der Waals surface area contributed by atoms with Crippen LogP contribution >= 0.6 is 11.6 Å². The number of hydrogen-bond acceptors (Lipinski definition) is 7. The summed E-state index contributed by atoms with van der Waals surface area (Å²) in [6.07, 6.45) is 6.34. The zero-order valence-corrected chi connectivity index (χ0v) is 21.3. The van der Waals surface area contributed by atoms with Crippen LogP contribution in [-0.2, 0) is 6.54 Å². The first-order valence-electron chi connectivity index (χ1n) is 12.1. The summed E-state index contributed by atoms with van der Waals surface area (Å²) >= 11 is 6.27. The van der Waals surface area contributed by atoms with Gasteiger partial charge in [-0.2, -0.15) is 15.0 Å². The van der Waals surface area contributed by atoms with Gasteiger partial charge in [0.05, 0.1) is 58.4 Å². The number of aliphatic hydroxyl groups excluding tert-OH is 1. The van der Waals surface area contributed by atoms with Gasteiger partial charge < -0.3 is 10.4 Å². The molecule has 6 rings (SSSR count). The number of hydrogen-bond donors (Lipinski definition) is 2. The van der Waals surface area contributed by atoms with Gasteiger partial charge >= 0.3 is 0 Å². The quantitative estimate of drug-likeness (QED) is 0.323. The number of nitrogens with zero attached hydrogens (tertiary/aromatic N) is 8. The molecule has 194 valence electrons. The lowest BCUT2D eigenvalue weighted by Gasteiger charge is -2.10. The fraction of sp³-hybridized carbons (Fsp3) is 0.280. The molecule has 2 N–H and O–H groups in total. The van der Waals surface area contributed by atoms with Crippen molar-refractivity contribution in [3.63, 3.8) is 0 Å². The highest BCUT2D eigenvalue weighted by atomic mass is 35.5. The van der Waals surface area contributed by atoms with Gasteiger partial charge in [-0.25, -0.2) is 8.91 Å². The molecule has 11 nitrogen and oxygen atoms in total. The van der Waals surface area contributed by atoms with Crippen LogP contribution in [0.15, 0.2) is 42.9 Å². The summed E-state index contributed by atoms with van der Waals surface area (Å²) < 4.78 is 18.0. The zero-order valence-electron chi connectivity index (χ0n) is 20.5. The van der Waals surface area contributed by atoms with E-state index in [9.17, 15) is 14.3 Å². The van der Waals surface area contributed by atoms with Crippen LogP contribution in [0.2, 0.25) is 5.02 Å². The molecule has 0 saturated heterocycles. The van der Waals surface area contributed by atoms with Crippen LogP contribution in [0.4, 0.5) is 10.1 Å². The molecule has 0 spiro atoms. The van der Waals surface area contributed by atoms with E-state index in [2.05, 4.69) is 30.9 Å². The Morgan fingerprint density at radius 1 is 1.24 bits per heavy atom. The highest BCUT2D eigenvalue weighted by molar-refractivity contribution is 6.34. The first kappa shape index (κ1) is 24.2. The number of aromatic nitrogens is 8. The summed E-state index contributed by atoms with van der Waals surface area (Å²) in [5, 5.41) is 33.4. The van der Waals surface area contributed by atoms with Crippen LogP contribution < -0.4 is 5.32 Å². The molecule has 13 heteroatoms. The second-order valence-electron chi connectivity index (χ2n) is 9.41. The maximum Gasteiger partial charge on any atom is 0.259 e. The van der Waals surface area contributed by atoms with Gasteiger partial charge in [-0.05, 0) is 61.7 Å². The monoisotopic (exact) mass is 535 g/mol. The minimum Gasteiger partial charge on any atom is -0.391 e. The predicted octanol–water partition coefficient (Wildman–Crippen LogP) is 3.92. The first-order valence-corrected chi connectivity index (χ1v) is 12.4. The van der Waals surface area contributed by atoms with Crippen LogP contribution in [0.5, 0.6) is 0 Å². The Morgan fingerprint density at radius 2 is 2.05 bits per heavy atom. The number of carbonyl (C=O) groups excluding carboxylic acids is 1. The number of halogens is 2. The van der Waals surface area contributed by atoms with Crippen molar-refractivity contribution in [3.05, 3.63) is 65.0 Å². The van der Waals surface area contributed by atoms with E-state index in [1.54, 1.807) is 28.5 Å². The third-order valence-corrected chi connectivity index (χ3v) is 6.78. The topological polar surface area (TPSA) is 128 Å². The van der Waals surface area contributed by atoms with Crippen LogP contribution in [0, 0.1) is 12.7 Å². The smallest absolute Gasteiger partial charge is 0.259 e. The molecule has 38 heavy (non-hydrogen) atoms. The number of carbonyl (C=O) groups is 1. The van der Waals surface area contributed by atoms with Gasteiger partial charge in [-0.15, -0.1) is 10.2 Å². The van der Waals surface area contributed by atoms with E-state index >= 15 is 0 Å². The second kappa shape index (κ2) is 9.30. The normalized spacial score (nSPS) is 14.2. The summed E-state index contributed by atoms with van der Waals surface area (Å²) in [7, 11) is 0. The lowest BCUT2D eigenvalue weighted by molar-refractivity contribution is 0.102. The standard InChI is InChI=1S/C25H23ClFN9O2/c1-13(37)12-35-14(2)18(10-29-35)15-5-6-34-23(7-15)19(11-28-34)25(38)30-22-8-17(21(27)9-20(22)26)24-31-33-36(32-24)16-3-4-16/h5-11,13,16,37H,3-4,12H2,1-2H3,(H,30,38)/t13-/m0/s1. The van der Waals surface area contributed by atoms with E-state index in [4.69, 9.17) is 11.6 Å². The predicted molar refractivity (Wildman–Crippen MR) is 137 cm³/mol. The van der Waals surface area contributed by atoms with Gasteiger partial charge in [-0.1, -0.05) is 11.6 Å². The fourth-order valence-corrected chi connectivity index (χ4v) is 4.48. The minimum absolute atomic E-state index is 0.0347. The lowest BCUT2D eigenvalue weighted by atomic mass is 10.1. The largest absolute Gasteiger partial charge is 0.391 e. The van der Waals surface area contributed by atoms with E-state index < -0.39 is 17.8 Å². The third kappa shape index (κ3) is 4.41. The molecule has 1 atom stereocenters. The van der Waals surface area contributed by atoms with Crippen molar-refractivity contribution in [1.82, 2.24) is 39.6 Å². The van der Waals surface area contributed by atoms with Gasteiger partial charge in [0.2, 0.25) is 5.82 Å². The summed E-state index contributed by atoms with van der Waals surface area (Å²) in [6.45, 7) is 4.00. The number of anilines is 1. The van der Waals surface area contributed by atoms with Crippen molar-refractivity contribution in [3.8, 4) is 22.5 Å². The van der Waals surface area contributed by atoms with E-state index in [1.165, 1.54) is 17.1 Å². The Labute approximate surface area is 220 Å². The first-order chi connectivity index (χ1) is 18.3. The van der Waals surface area contributed by atoms with Gasteiger partial charge in [0.25, 0.3) is 5.91 Å². The van der Waals surface area contributed by atoms with Crippen LogP contribution in [-0.4, -0.2) is 56.7 Å². The maximum absolute atomic E-state index is 14.7. The van der Waals surface area contributed by atoms with E-state index in [0.717, 1.165) is 35.7 Å². The second-order valence-corrected chi connectivity index (χ2v) is 9.82. The Balaban J connectivity index is 1.30. The molecule has 1 aromatic carbocycles. The molecule has 5 aromatic rings. The average Bonchev–Trinajstić information content (AvgIpc) is 3.29. The van der Waals surface area contributed by atoms with Crippen molar-refractivity contribution >= 4 is 28.7 Å². The fourth-order valence-electron chi connectivity index (χ4n) is 4.29. The molecule has 0 bridgehead atoms. The van der Waals surface area contributed by atoms with Crippen molar-refractivity contribution in [2.45, 2.75) is 45.4 Å². The Bertz CT molecular complexity index is 1690. The minimum atomic E-state index is -0.615. The number of fused-ring (bicyclic) bond motifs is 1. The summed E-state index contributed by atoms with van der Waals surface area (Å²) in [5.41, 5.74) is 3.77. The molecule has 0 radical (unpaired) electrons. The number of nitrogens with one attached hydrogen (secondary N) is 1. The molecule has 1 amide bonds. The van der Waals surface area contributed by atoms with E-state index in [1.807, 2.05) is 19.1 Å². The van der Waals surface area contributed by atoms with Crippen molar-refractivity contribution in [2.24, 2.45) is 0 Å². The van der Waals surface area contributed by atoms with E-state index in [-0.39, 0.29) is 28.1 Å². The molecule has 1 saturated carbocycles. The highest BCUT2D eigenvalue weighted by Gasteiger charge is 2.27. The molecule has 0 aliphatic heterocycles. The summed E-state index contributed by atoms with van der Waals surface area (Å²) in [4.78, 5) is 14.8. The van der Waals surface area contributed by atoms with Crippen LogP contribution in [0.3, 0.4) is 0 Å². The molecule has 1 aliphatic carbocycles. The lowest BCUT2D eigenvalue weighted by Crippen LogP contribution is -2.14. The Hall–Kier alpha value is -4.16. The zero-order chi connectivity index (χ0) is 26.6. The molecular weight excluding hydrogens is 513 g/mol. The third-order valence-electron chi connectivity index (χ3n) is 6.47. The summed E-state index contributed by atoms with van der Waals surface area (Å²) in [6, 6.07) is 6.44. The van der Waals surface area contributed by atoms with Gasteiger partial charge in [-0.3, -0.25) is 9.48 Å². The number of rotatable bonds is 7. The van der Waals surface area contributed by atoms with Gasteiger partial charge in [0, 0.05) is 17.5 Å². The maximum atomic E-state index is 14.7. The highest BCUT2D eigenvalue weighted by Crippen LogP contribution is 2.35. The van der Waals surface area contributed by atoms with Crippen molar-refractivity contribution in [2.75, 3.05) is 5.32 Å². The Morgan fingerprint density at radius 3 is 2.82 bits per heavy atom. The molecule has 1 aliphatic rings. The van der Waals surface area contributed by atoms with Crippen molar-refractivity contribution < 1.29 is 14.3 Å². The van der Waals surface area contributed by atoms with E-state index in [0.29, 0.717) is 17.6 Å². The Kier molecular flexibility index (Phi) is 5.92. The number of amides is 1. The molecule has 4 heterocycles. The molecule has 0 unspecified atom stereocenters. The number of benzene rings is 1. The van der Waals surface area contributed by atoms with Gasteiger partial charge in [0.1, 0.15) is 5.82 Å². The number of pyridine rings is 1. The summed E-state index contributed by atoms with van der Waals surface area (Å²) in [5.74, 6) is -0.961. The molecular formula is C25H23ClFN9O2. The van der Waals surface area contributed by atoms with Crippen molar-refractivity contribution in [1.29, 1.82) is 0 Å². The van der Waals surface area contributed by atoms with Crippen LogP contribution in [0.25, 0.3) is 28.0 Å². The average molecular weight is 536 g/mol. The molecule has 4 aromatic heterocycles. The number of aliphatic hydroxyl groups is 1.